The molecule has 0 atom stereocenters. The predicted octanol–water partition coefficient (Wildman–Crippen LogP) is 4.33. The molecule has 0 fully saturated rings. The molecule has 2 aliphatic carbocycles. The minimum atomic E-state index is -0.231. The van der Waals surface area contributed by atoms with Crippen molar-refractivity contribution in [3.05, 3.63) is 52.4 Å². The van der Waals surface area contributed by atoms with E-state index in [0.717, 1.165) is 78.4 Å². The molecule has 0 bridgehead atoms. The summed E-state index contributed by atoms with van der Waals surface area (Å²) >= 11 is 0. The van der Waals surface area contributed by atoms with Crippen LogP contribution < -0.4 is 0 Å². The van der Waals surface area contributed by atoms with Crippen molar-refractivity contribution >= 4 is 11.4 Å². The Hall–Kier alpha value is -2.83. The Balaban J connectivity index is 1.35. The van der Waals surface area contributed by atoms with Crippen LogP contribution in [0.4, 0.5) is 0 Å². The van der Waals surface area contributed by atoms with Crippen LogP contribution in [0.15, 0.2) is 28.6 Å². The monoisotopic (exact) mass is 421 g/mol. The van der Waals surface area contributed by atoms with Crippen LogP contribution in [0.1, 0.15) is 73.6 Å². The van der Waals surface area contributed by atoms with Crippen LogP contribution in [0.5, 0.6) is 0 Å². The second-order valence-electron chi connectivity index (χ2n) is 9.25. The first-order valence-corrected chi connectivity index (χ1v) is 11.1. The van der Waals surface area contributed by atoms with Crippen LogP contribution >= 0.6 is 0 Å². The Kier molecular flexibility index (Phi) is 6.30. The van der Waals surface area contributed by atoms with E-state index < -0.39 is 0 Å². The molecule has 31 heavy (non-hydrogen) atoms. The summed E-state index contributed by atoms with van der Waals surface area (Å²) in [6, 6.07) is 4.21. The molecule has 0 saturated carbocycles. The normalized spacial score (nSPS) is 18.6. The maximum Gasteiger partial charge on any atom is 0.125 e. The molecule has 0 N–H and O–H groups in total. The van der Waals surface area contributed by atoms with Gasteiger partial charge >= 0.3 is 0 Å². The van der Waals surface area contributed by atoms with E-state index in [4.69, 9.17) is 9.68 Å². The van der Waals surface area contributed by atoms with Crippen LogP contribution in [0.25, 0.3) is 0 Å². The molecule has 7 nitrogen and oxygen atoms in total. The summed E-state index contributed by atoms with van der Waals surface area (Å²) in [5.41, 5.74) is 6.94. The molecule has 2 aromatic heterocycles. The second-order valence-corrected chi connectivity index (χ2v) is 9.25. The van der Waals surface area contributed by atoms with Gasteiger partial charge in [0.2, 0.25) is 0 Å². The van der Waals surface area contributed by atoms with Crippen molar-refractivity contribution in [2.75, 3.05) is 13.2 Å². The summed E-state index contributed by atoms with van der Waals surface area (Å²) in [7, 11) is 0. The fourth-order valence-corrected chi connectivity index (χ4v) is 3.88. The van der Waals surface area contributed by atoms with Gasteiger partial charge in [-0.25, -0.2) is 9.97 Å². The number of aromatic nitrogens is 3. The molecule has 0 aliphatic heterocycles. The highest BCUT2D eigenvalue weighted by Gasteiger charge is 2.23. The zero-order valence-corrected chi connectivity index (χ0v) is 18.9. The second kappa shape index (κ2) is 9.12. The maximum atomic E-state index is 5.75. The SMILES string of the molecule is Cc1ccc2c(n1)C(=NOCC(C)(C)CON=C1CCCc3cnc(C)nc31)CCC2. The zero-order valence-electron chi connectivity index (χ0n) is 18.9. The molecular formula is C24H31N5O2. The first-order chi connectivity index (χ1) is 14.9. The summed E-state index contributed by atoms with van der Waals surface area (Å²) in [6.45, 7) is 8.97. The minimum Gasteiger partial charge on any atom is -0.395 e. The number of rotatable bonds is 6. The molecule has 0 unspecified atom stereocenters. The van der Waals surface area contributed by atoms with E-state index in [-0.39, 0.29) is 5.41 Å². The molecular weight excluding hydrogens is 390 g/mol. The van der Waals surface area contributed by atoms with E-state index in [1.807, 2.05) is 20.0 Å². The van der Waals surface area contributed by atoms with Crippen LogP contribution in [-0.2, 0) is 22.5 Å². The lowest BCUT2D eigenvalue weighted by Crippen LogP contribution is -2.25. The van der Waals surface area contributed by atoms with E-state index in [2.05, 4.69) is 51.2 Å². The van der Waals surface area contributed by atoms with Crippen molar-refractivity contribution in [1.82, 2.24) is 15.0 Å². The Morgan fingerprint density at radius 2 is 1.45 bits per heavy atom. The number of nitrogens with zero attached hydrogens (tertiary/aromatic N) is 5. The van der Waals surface area contributed by atoms with Crippen molar-refractivity contribution in [2.45, 2.75) is 66.2 Å². The summed E-state index contributed by atoms with van der Waals surface area (Å²) in [5.74, 6) is 0.759. The lowest BCUT2D eigenvalue weighted by Gasteiger charge is -2.23. The number of aryl methyl sites for hydroxylation is 4. The van der Waals surface area contributed by atoms with Crippen LogP contribution in [0.3, 0.4) is 0 Å². The summed E-state index contributed by atoms with van der Waals surface area (Å²) in [4.78, 5) is 25.0. The van der Waals surface area contributed by atoms with Gasteiger partial charge in [0.05, 0.1) is 11.4 Å². The van der Waals surface area contributed by atoms with Crippen molar-refractivity contribution < 1.29 is 9.68 Å². The molecule has 0 aromatic carbocycles. The summed E-state index contributed by atoms with van der Waals surface area (Å²) in [5, 5.41) is 8.85. The quantitative estimate of drug-likeness (QED) is 0.649. The zero-order chi connectivity index (χ0) is 21.8. The number of pyridine rings is 1. The first-order valence-electron chi connectivity index (χ1n) is 11.1. The van der Waals surface area contributed by atoms with Crippen LogP contribution in [-0.4, -0.2) is 39.6 Å². The van der Waals surface area contributed by atoms with Gasteiger partial charge in [-0.05, 0) is 69.6 Å². The highest BCUT2D eigenvalue weighted by molar-refractivity contribution is 6.01. The average molecular weight is 422 g/mol. The van der Waals surface area contributed by atoms with Gasteiger partial charge in [-0.1, -0.05) is 30.2 Å². The lowest BCUT2D eigenvalue weighted by atomic mass is 9.94. The number of fused-ring (bicyclic) bond motifs is 2. The molecule has 2 aromatic rings. The standard InChI is InChI=1S/C24H31N5O2/c1-16-11-12-18-7-5-9-20(22(18)26-16)28-30-14-24(3,4)15-31-29-21-10-6-8-19-13-25-17(2)27-23(19)21/h11-13H,5-10,14-15H2,1-4H3. The van der Waals surface area contributed by atoms with E-state index in [1.54, 1.807) is 0 Å². The molecule has 2 heterocycles. The lowest BCUT2D eigenvalue weighted by molar-refractivity contribution is -0.000312. The fraction of sp³-hybridized carbons (Fsp3) is 0.542. The van der Waals surface area contributed by atoms with E-state index in [1.165, 1.54) is 5.56 Å². The van der Waals surface area contributed by atoms with Gasteiger partial charge in [-0.2, -0.15) is 0 Å². The molecule has 0 radical (unpaired) electrons. The molecule has 0 amide bonds. The summed E-state index contributed by atoms with van der Waals surface area (Å²) < 4.78 is 0. The molecule has 0 saturated heterocycles. The maximum absolute atomic E-state index is 5.75. The Labute approximate surface area is 184 Å². The third-order valence-electron chi connectivity index (χ3n) is 5.63. The van der Waals surface area contributed by atoms with Gasteiger partial charge in [0.15, 0.2) is 0 Å². The molecule has 7 heteroatoms. The highest BCUT2D eigenvalue weighted by Crippen LogP contribution is 2.23. The van der Waals surface area contributed by atoms with Gasteiger partial charge in [0, 0.05) is 17.3 Å². The number of hydrogen-bond donors (Lipinski definition) is 0. The Morgan fingerprint density at radius 1 is 0.839 bits per heavy atom. The number of oxime groups is 2. The molecule has 0 spiro atoms. The fourth-order valence-electron chi connectivity index (χ4n) is 3.88. The van der Waals surface area contributed by atoms with Gasteiger partial charge in [0.1, 0.15) is 30.5 Å². The molecule has 2 aliphatic rings. The van der Waals surface area contributed by atoms with E-state index in [9.17, 15) is 0 Å². The van der Waals surface area contributed by atoms with Gasteiger partial charge < -0.3 is 9.68 Å². The topological polar surface area (TPSA) is 81.9 Å². The minimum absolute atomic E-state index is 0.231. The van der Waals surface area contributed by atoms with Crippen molar-refractivity contribution in [2.24, 2.45) is 15.7 Å². The number of hydrogen-bond acceptors (Lipinski definition) is 7. The molecule has 164 valence electrons. The third kappa shape index (κ3) is 5.27. The van der Waals surface area contributed by atoms with E-state index in [0.29, 0.717) is 13.2 Å². The van der Waals surface area contributed by atoms with Gasteiger partial charge in [-0.3, -0.25) is 4.98 Å². The Morgan fingerprint density at radius 3 is 2.13 bits per heavy atom. The first kappa shape index (κ1) is 21.4. The van der Waals surface area contributed by atoms with Crippen LogP contribution in [0.2, 0.25) is 0 Å². The third-order valence-corrected chi connectivity index (χ3v) is 5.63. The van der Waals surface area contributed by atoms with Crippen molar-refractivity contribution in [3.8, 4) is 0 Å². The van der Waals surface area contributed by atoms with Gasteiger partial charge in [0.25, 0.3) is 0 Å². The average Bonchev–Trinajstić information content (AvgIpc) is 2.74. The van der Waals surface area contributed by atoms with Crippen molar-refractivity contribution in [1.29, 1.82) is 0 Å². The van der Waals surface area contributed by atoms with Gasteiger partial charge in [-0.15, -0.1) is 0 Å². The molecule has 4 rings (SSSR count). The Bertz CT molecular complexity index is 934. The summed E-state index contributed by atoms with van der Waals surface area (Å²) in [6.07, 6.45) is 7.84. The highest BCUT2D eigenvalue weighted by atomic mass is 16.6. The predicted molar refractivity (Wildman–Crippen MR) is 120 cm³/mol. The van der Waals surface area contributed by atoms with Crippen molar-refractivity contribution in [3.63, 3.8) is 0 Å². The van der Waals surface area contributed by atoms with E-state index >= 15 is 0 Å². The van der Waals surface area contributed by atoms with Crippen LogP contribution in [0, 0.1) is 19.3 Å². The smallest absolute Gasteiger partial charge is 0.125 e. The largest absolute Gasteiger partial charge is 0.395 e.